The van der Waals surface area contributed by atoms with E-state index in [0.717, 1.165) is 9.78 Å². The summed E-state index contributed by atoms with van der Waals surface area (Å²) < 4.78 is 1.28. The molecule has 1 N–H and O–H groups in total. The van der Waals surface area contributed by atoms with Crippen LogP contribution in [0.2, 0.25) is 0 Å². The van der Waals surface area contributed by atoms with Crippen molar-refractivity contribution in [2.75, 3.05) is 13.1 Å². The molecule has 2 aromatic heterocycles. The highest BCUT2D eigenvalue weighted by molar-refractivity contribution is 7.13. The van der Waals surface area contributed by atoms with Crippen LogP contribution in [0.4, 0.5) is 0 Å². The van der Waals surface area contributed by atoms with Gasteiger partial charge in [0.15, 0.2) is 0 Å². The van der Waals surface area contributed by atoms with Gasteiger partial charge in [-0.15, -0.1) is 11.3 Å². The minimum atomic E-state index is -0.439. The molecule has 25 heavy (non-hydrogen) atoms. The van der Waals surface area contributed by atoms with Crippen LogP contribution < -0.4 is 10.9 Å². The van der Waals surface area contributed by atoms with Gasteiger partial charge in [0.05, 0.1) is 11.4 Å². The average Bonchev–Trinajstić information content (AvgIpc) is 3.22. The van der Waals surface area contributed by atoms with Crippen molar-refractivity contribution < 1.29 is 14.4 Å². The van der Waals surface area contributed by atoms with Crippen molar-refractivity contribution in [1.29, 1.82) is 0 Å². The van der Waals surface area contributed by atoms with Crippen molar-refractivity contribution in [2.45, 2.75) is 19.4 Å². The number of hydrogen-bond donors (Lipinski definition) is 1. The van der Waals surface area contributed by atoms with Crippen LogP contribution in [0.25, 0.3) is 10.6 Å². The number of hydrogen-bond acceptors (Lipinski definition) is 6. The van der Waals surface area contributed by atoms with E-state index in [9.17, 15) is 19.2 Å². The van der Waals surface area contributed by atoms with Crippen molar-refractivity contribution in [2.24, 2.45) is 0 Å². The topological polar surface area (TPSA) is 101 Å². The molecule has 0 atom stereocenters. The largest absolute Gasteiger partial charge is 0.353 e. The van der Waals surface area contributed by atoms with Gasteiger partial charge < -0.3 is 5.32 Å². The first kappa shape index (κ1) is 17.0. The normalized spacial score (nSPS) is 14.2. The fourth-order valence-electron chi connectivity index (χ4n) is 2.46. The first-order chi connectivity index (χ1) is 12.0. The van der Waals surface area contributed by atoms with Gasteiger partial charge in [-0.25, -0.2) is 4.68 Å². The zero-order valence-corrected chi connectivity index (χ0v) is 14.1. The first-order valence-corrected chi connectivity index (χ1v) is 8.64. The molecule has 1 aliphatic rings. The summed E-state index contributed by atoms with van der Waals surface area (Å²) in [4.78, 5) is 48.6. The SMILES string of the molecule is O=C(CN1C(=O)CCC1=O)NCCn1nc(-c2cccs2)ccc1=O. The van der Waals surface area contributed by atoms with Gasteiger partial charge in [0.2, 0.25) is 17.7 Å². The van der Waals surface area contributed by atoms with Crippen LogP contribution in [-0.4, -0.2) is 45.5 Å². The van der Waals surface area contributed by atoms with Gasteiger partial charge in [0.25, 0.3) is 5.56 Å². The monoisotopic (exact) mass is 360 g/mol. The molecule has 0 aliphatic carbocycles. The molecule has 0 bridgehead atoms. The Balaban J connectivity index is 1.56. The Kier molecular flexibility index (Phi) is 5.03. The fourth-order valence-corrected chi connectivity index (χ4v) is 3.16. The lowest BCUT2D eigenvalue weighted by atomic mass is 10.3. The van der Waals surface area contributed by atoms with E-state index in [1.165, 1.54) is 22.1 Å². The van der Waals surface area contributed by atoms with E-state index in [4.69, 9.17) is 0 Å². The number of carbonyl (C=O) groups excluding carboxylic acids is 3. The minimum Gasteiger partial charge on any atom is -0.353 e. The quantitative estimate of drug-likeness (QED) is 0.744. The van der Waals surface area contributed by atoms with Gasteiger partial charge in [0.1, 0.15) is 12.2 Å². The highest BCUT2D eigenvalue weighted by Gasteiger charge is 2.30. The molecule has 0 unspecified atom stereocenters. The van der Waals surface area contributed by atoms with Crippen LogP contribution in [-0.2, 0) is 20.9 Å². The second-order valence-corrected chi connectivity index (χ2v) is 6.43. The second-order valence-electron chi connectivity index (χ2n) is 5.48. The number of thiophene rings is 1. The molecule has 9 heteroatoms. The van der Waals surface area contributed by atoms with E-state index >= 15 is 0 Å². The van der Waals surface area contributed by atoms with E-state index in [-0.39, 0.29) is 49.8 Å². The smallest absolute Gasteiger partial charge is 0.266 e. The highest BCUT2D eigenvalue weighted by Crippen LogP contribution is 2.20. The van der Waals surface area contributed by atoms with Crippen molar-refractivity contribution in [3.8, 4) is 10.6 Å². The van der Waals surface area contributed by atoms with Gasteiger partial charge in [-0.05, 0) is 17.5 Å². The summed E-state index contributed by atoms with van der Waals surface area (Å²) in [7, 11) is 0. The lowest BCUT2D eigenvalue weighted by molar-refractivity contribution is -0.142. The van der Waals surface area contributed by atoms with Crippen LogP contribution in [0.15, 0.2) is 34.4 Å². The third kappa shape index (κ3) is 4.00. The molecule has 0 saturated carbocycles. The summed E-state index contributed by atoms with van der Waals surface area (Å²) in [6.45, 7) is 0.0940. The molecule has 2 aromatic rings. The standard InChI is InChI=1S/C16H16N4O4S/c21-13(10-19-14(22)5-6-15(19)23)17-7-8-20-16(24)4-3-11(18-20)12-2-1-9-25-12/h1-4,9H,5-8,10H2,(H,17,21). The number of carbonyl (C=O) groups is 3. The predicted molar refractivity (Wildman–Crippen MR) is 90.8 cm³/mol. The van der Waals surface area contributed by atoms with Gasteiger partial charge >= 0.3 is 0 Å². The molecule has 0 radical (unpaired) electrons. The molecule has 0 aromatic carbocycles. The molecular weight excluding hydrogens is 344 g/mol. The van der Waals surface area contributed by atoms with Crippen LogP contribution in [0.3, 0.4) is 0 Å². The average molecular weight is 360 g/mol. The zero-order valence-electron chi connectivity index (χ0n) is 13.3. The Morgan fingerprint density at radius 1 is 1.16 bits per heavy atom. The third-order valence-corrected chi connectivity index (χ3v) is 4.63. The van der Waals surface area contributed by atoms with E-state index < -0.39 is 5.91 Å². The summed E-state index contributed by atoms with van der Waals surface area (Å²) in [6, 6.07) is 6.91. The van der Waals surface area contributed by atoms with E-state index in [1.54, 1.807) is 6.07 Å². The maximum atomic E-state index is 11.9. The van der Waals surface area contributed by atoms with Crippen LogP contribution in [0.5, 0.6) is 0 Å². The predicted octanol–water partition coefficient (Wildman–Crippen LogP) is 0.237. The van der Waals surface area contributed by atoms with E-state index in [0.29, 0.717) is 5.69 Å². The van der Waals surface area contributed by atoms with Gasteiger partial charge in [-0.1, -0.05) is 6.07 Å². The maximum Gasteiger partial charge on any atom is 0.266 e. The van der Waals surface area contributed by atoms with Gasteiger partial charge in [-0.3, -0.25) is 24.1 Å². The summed E-state index contributed by atoms with van der Waals surface area (Å²) in [5.74, 6) is -1.10. The van der Waals surface area contributed by atoms with Crippen molar-refractivity contribution >= 4 is 29.1 Å². The second kappa shape index (κ2) is 7.39. The molecule has 3 heterocycles. The number of rotatable bonds is 6. The number of nitrogens with zero attached hydrogens (tertiary/aromatic N) is 3. The summed E-state index contributed by atoms with van der Waals surface area (Å²) in [5.41, 5.74) is 0.425. The summed E-state index contributed by atoms with van der Waals surface area (Å²) >= 11 is 1.52. The Hall–Kier alpha value is -2.81. The molecular formula is C16H16N4O4S. The summed E-state index contributed by atoms with van der Waals surface area (Å²) in [5, 5.41) is 8.81. The van der Waals surface area contributed by atoms with Crippen LogP contribution in [0.1, 0.15) is 12.8 Å². The Morgan fingerprint density at radius 3 is 2.60 bits per heavy atom. The number of likely N-dealkylation sites (tertiary alicyclic amines) is 1. The van der Waals surface area contributed by atoms with Crippen molar-refractivity contribution in [1.82, 2.24) is 20.0 Å². The maximum absolute atomic E-state index is 11.9. The molecule has 0 spiro atoms. The van der Waals surface area contributed by atoms with Crippen molar-refractivity contribution in [3.05, 3.63) is 40.0 Å². The van der Waals surface area contributed by atoms with Gasteiger partial charge in [-0.2, -0.15) is 5.10 Å². The molecule has 130 valence electrons. The van der Waals surface area contributed by atoms with Crippen molar-refractivity contribution in [3.63, 3.8) is 0 Å². The fraction of sp³-hybridized carbons (Fsp3) is 0.312. The molecule has 8 nitrogen and oxygen atoms in total. The molecule has 1 fully saturated rings. The Bertz CT molecular complexity index is 843. The number of amides is 3. The third-order valence-electron chi connectivity index (χ3n) is 3.74. The highest BCUT2D eigenvalue weighted by atomic mass is 32.1. The Morgan fingerprint density at radius 2 is 1.92 bits per heavy atom. The molecule has 1 saturated heterocycles. The number of aromatic nitrogens is 2. The molecule has 1 aliphatic heterocycles. The zero-order chi connectivity index (χ0) is 17.8. The Labute approximate surface area is 147 Å². The number of nitrogens with one attached hydrogen (secondary N) is 1. The lowest BCUT2D eigenvalue weighted by Gasteiger charge is -2.13. The number of imide groups is 1. The minimum absolute atomic E-state index is 0.154. The van der Waals surface area contributed by atoms with Gasteiger partial charge in [0, 0.05) is 25.5 Å². The first-order valence-electron chi connectivity index (χ1n) is 7.76. The van der Waals surface area contributed by atoms with E-state index in [2.05, 4.69) is 10.4 Å². The summed E-state index contributed by atoms with van der Waals surface area (Å²) in [6.07, 6.45) is 0.307. The molecule has 3 amide bonds. The lowest BCUT2D eigenvalue weighted by Crippen LogP contribution is -2.41. The molecule has 3 rings (SSSR count). The van der Waals surface area contributed by atoms with E-state index in [1.807, 2.05) is 17.5 Å². The van der Waals surface area contributed by atoms with Crippen LogP contribution in [0, 0.1) is 0 Å². The van der Waals surface area contributed by atoms with Crippen LogP contribution >= 0.6 is 11.3 Å².